The highest BCUT2D eigenvalue weighted by atomic mass is 16.3. The van der Waals surface area contributed by atoms with Crippen LogP contribution in [0.1, 0.15) is 11.6 Å². The Bertz CT molecular complexity index is 564. The fraction of sp³-hybridized carbons (Fsp3) is 0.333. The SMILES string of the molecule is OC[C@H](c1cccc(-c2ccccc2)c1)N1CCNCC1. The van der Waals surface area contributed by atoms with Gasteiger partial charge < -0.3 is 10.4 Å². The first-order valence-electron chi connectivity index (χ1n) is 7.59. The summed E-state index contributed by atoms with van der Waals surface area (Å²) in [5.41, 5.74) is 3.62. The predicted octanol–water partition coefficient (Wildman–Crippen LogP) is 2.29. The van der Waals surface area contributed by atoms with E-state index >= 15 is 0 Å². The summed E-state index contributed by atoms with van der Waals surface area (Å²) < 4.78 is 0. The third kappa shape index (κ3) is 3.32. The summed E-state index contributed by atoms with van der Waals surface area (Å²) in [5.74, 6) is 0. The average Bonchev–Trinajstić information content (AvgIpc) is 2.58. The van der Waals surface area contributed by atoms with E-state index in [1.807, 2.05) is 6.07 Å². The molecule has 2 aromatic rings. The summed E-state index contributed by atoms with van der Waals surface area (Å²) in [6, 6.07) is 19.0. The molecule has 2 N–H and O–H groups in total. The fourth-order valence-corrected chi connectivity index (χ4v) is 2.98. The van der Waals surface area contributed by atoms with Crippen LogP contribution in [0.15, 0.2) is 54.6 Å². The second-order valence-corrected chi connectivity index (χ2v) is 5.48. The Labute approximate surface area is 126 Å². The summed E-state index contributed by atoms with van der Waals surface area (Å²) in [5, 5.41) is 13.2. The number of benzene rings is 2. The molecule has 0 saturated carbocycles. The molecule has 0 aromatic heterocycles. The number of aliphatic hydroxyl groups excluding tert-OH is 1. The Kier molecular flexibility index (Phi) is 4.65. The molecule has 0 aliphatic carbocycles. The summed E-state index contributed by atoms with van der Waals surface area (Å²) >= 11 is 0. The van der Waals surface area contributed by atoms with Gasteiger partial charge in [-0.3, -0.25) is 4.90 Å². The zero-order valence-corrected chi connectivity index (χ0v) is 12.2. The van der Waals surface area contributed by atoms with Gasteiger partial charge >= 0.3 is 0 Å². The van der Waals surface area contributed by atoms with Crippen LogP contribution >= 0.6 is 0 Å². The van der Waals surface area contributed by atoms with Gasteiger partial charge in [0, 0.05) is 26.2 Å². The van der Waals surface area contributed by atoms with Crippen LogP contribution in [0.2, 0.25) is 0 Å². The van der Waals surface area contributed by atoms with Crippen molar-refractivity contribution in [1.29, 1.82) is 0 Å². The van der Waals surface area contributed by atoms with Crippen LogP contribution in [0.5, 0.6) is 0 Å². The first-order chi connectivity index (χ1) is 10.4. The normalized spacial score (nSPS) is 17.6. The second kappa shape index (κ2) is 6.85. The molecule has 1 fully saturated rings. The Morgan fingerprint density at radius 3 is 2.38 bits per heavy atom. The minimum atomic E-state index is 0.0933. The molecule has 1 heterocycles. The lowest BCUT2D eigenvalue weighted by Crippen LogP contribution is -2.46. The molecule has 1 aliphatic heterocycles. The van der Waals surface area contributed by atoms with Gasteiger partial charge in [-0.15, -0.1) is 0 Å². The molecular weight excluding hydrogens is 260 g/mol. The number of hydrogen-bond acceptors (Lipinski definition) is 3. The molecule has 0 unspecified atom stereocenters. The van der Waals surface area contributed by atoms with Crippen molar-refractivity contribution >= 4 is 0 Å². The number of rotatable bonds is 4. The Morgan fingerprint density at radius 1 is 0.952 bits per heavy atom. The molecule has 2 aromatic carbocycles. The molecule has 0 amide bonds. The highest BCUT2D eigenvalue weighted by Crippen LogP contribution is 2.26. The van der Waals surface area contributed by atoms with Crippen LogP contribution in [-0.2, 0) is 0 Å². The molecule has 1 saturated heterocycles. The molecule has 1 atom stereocenters. The number of aliphatic hydroxyl groups is 1. The third-order valence-corrected chi connectivity index (χ3v) is 4.14. The van der Waals surface area contributed by atoms with E-state index in [4.69, 9.17) is 0 Å². The number of nitrogens with one attached hydrogen (secondary N) is 1. The van der Waals surface area contributed by atoms with Crippen LogP contribution in [0.25, 0.3) is 11.1 Å². The molecule has 3 heteroatoms. The van der Waals surface area contributed by atoms with Crippen molar-refractivity contribution < 1.29 is 5.11 Å². The summed E-state index contributed by atoms with van der Waals surface area (Å²) in [6.07, 6.45) is 0. The van der Waals surface area contributed by atoms with E-state index in [1.165, 1.54) is 16.7 Å². The topological polar surface area (TPSA) is 35.5 Å². The van der Waals surface area contributed by atoms with Gasteiger partial charge in [0.25, 0.3) is 0 Å². The monoisotopic (exact) mass is 282 g/mol. The van der Waals surface area contributed by atoms with E-state index in [1.54, 1.807) is 0 Å². The number of nitrogens with zero attached hydrogens (tertiary/aromatic N) is 1. The van der Waals surface area contributed by atoms with E-state index in [-0.39, 0.29) is 12.6 Å². The summed E-state index contributed by atoms with van der Waals surface area (Å²) in [6.45, 7) is 4.13. The average molecular weight is 282 g/mol. The van der Waals surface area contributed by atoms with E-state index < -0.39 is 0 Å². The lowest BCUT2D eigenvalue weighted by molar-refractivity contribution is 0.111. The maximum Gasteiger partial charge on any atom is 0.0628 e. The van der Waals surface area contributed by atoms with Crippen LogP contribution in [-0.4, -0.2) is 42.8 Å². The zero-order valence-electron chi connectivity index (χ0n) is 12.2. The molecule has 0 spiro atoms. The maximum atomic E-state index is 9.83. The van der Waals surface area contributed by atoms with Crippen molar-refractivity contribution in [3.63, 3.8) is 0 Å². The van der Waals surface area contributed by atoms with Crippen LogP contribution < -0.4 is 5.32 Å². The number of piperazine rings is 1. The minimum absolute atomic E-state index is 0.0933. The van der Waals surface area contributed by atoms with Crippen molar-refractivity contribution in [2.45, 2.75) is 6.04 Å². The van der Waals surface area contributed by atoms with Crippen molar-refractivity contribution in [3.8, 4) is 11.1 Å². The lowest BCUT2D eigenvalue weighted by Gasteiger charge is -2.34. The van der Waals surface area contributed by atoms with Gasteiger partial charge in [0.05, 0.1) is 12.6 Å². The quantitative estimate of drug-likeness (QED) is 0.903. The zero-order chi connectivity index (χ0) is 14.5. The molecule has 0 bridgehead atoms. The maximum absolute atomic E-state index is 9.83. The van der Waals surface area contributed by atoms with Gasteiger partial charge in [-0.1, -0.05) is 48.5 Å². The van der Waals surface area contributed by atoms with Crippen LogP contribution in [0.4, 0.5) is 0 Å². The van der Waals surface area contributed by atoms with Crippen molar-refractivity contribution in [1.82, 2.24) is 10.2 Å². The van der Waals surface area contributed by atoms with Gasteiger partial charge in [-0.05, 0) is 22.8 Å². The van der Waals surface area contributed by atoms with Gasteiger partial charge in [0.2, 0.25) is 0 Å². The lowest BCUT2D eigenvalue weighted by atomic mass is 9.98. The molecule has 1 aliphatic rings. The van der Waals surface area contributed by atoms with Crippen molar-refractivity contribution in [2.24, 2.45) is 0 Å². The van der Waals surface area contributed by atoms with Gasteiger partial charge in [-0.2, -0.15) is 0 Å². The predicted molar refractivity (Wildman–Crippen MR) is 86.1 cm³/mol. The molecular formula is C18H22N2O. The van der Waals surface area contributed by atoms with Crippen LogP contribution in [0.3, 0.4) is 0 Å². The van der Waals surface area contributed by atoms with Gasteiger partial charge in [-0.25, -0.2) is 0 Å². The summed E-state index contributed by atoms with van der Waals surface area (Å²) in [7, 11) is 0. The largest absolute Gasteiger partial charge is 0.394 e. The first kappa shape index (κ1) is 14.3. The smallest absolute Gasteiger partial charge is 0.0628 e. The highest BCUT2D eigenvalue weighted by molar-refractivity contribution is 5.64. The first-order valence-corrected chi connectivity index (χ1v) is 7.59. The summed E-state index contributed by atoms with van der Waals surface area (Å²) in [4.78, 5) is 2.36. The van der Waals surface area contributed by atoms with E-state index in [0.29, 0.717) is 0 Å². The van der Waals surface area contributed by atoms with Crippen LogP contribution in [0, 0.1) is 0 Å². The van der Waals surface area contributed by atoms with Gasteiger partial charge in [0.15, 0.2) is 0 Å². The highest BCUT2D eigenvalue weighted by Gasteiger charge is 2.21. The fourth-order valence-electron chi connectivity index (χ4n) is 2.98. The number of hydrogen-bond donors (Lipinski definition) is 2. The Hall–Kier alpha value is -1.68. The minimum Gasteiger partial charge on any atom is -0.394 e. The Morgan fingerprint density at radius 2 is 1.67 bits per heavy atom. The van der Waals surface area contributed by atoms with E-state index in [9.17, 15) is 5.11 Å². The van der Waals surface area contributed by atoms with Gasteiger partial charge in [0.1, 0.15) is 0 Å². The van der Waals surface area contributed by atoms with E-state index in [2.05, 4.69) is 58.7 Å². The van der Waals surface area contributed by atoms with Crippen molar-refractivity contribution in [3.05, 3.63) is 60.2 Å². The molecule has 110 valence electrons. The molecule has 3 nitrogen and oxygen atoms in total. The Balaban J connectivity index is 1.87. The standard InChI is InChI=1S/C18H22N2O/c21-14-18(20-11-9-19-10-12-20)17-8-4-7-16(13-17)15-5-2-1-3-6-15/h1-8,13,18-19,21H,9-12,14H2/t18-/m1/s1. The van der Waals surface area contributed by atoms with E-state index in [0.717, 1.165) is 26.2 Å². The van der Waals surface area contributed by atoms with Crippen molar-refractivity contribution in [2.75, 3.05) is 32.8 Å². The molecule has 0 radical (unpaired) electrons. The third-order valence-electron chi connectivity index (χ3n) is 4.14. The second-order valence-electron chi connectivity index (χ2n) is 5.48. The molecule has 3 rings (SSSR count). The molecule has 21 heavy (non-hydrogen) atoms.